The monoisotopic (exact) mass is 232 g/mol. The molecule has 0 saturated heterocycles. The minimum atomic E-state index is 0.656. The fourth-order valence-corrected chi connectivity index (χ4v) is 1.77. The lowest BCUT2D eigenvalue weighted by Gasteiger charge is -2.12. The predicted molar refractivity (Wildman–Crippen MR) is 65.8 cm³/mol. The number of nitrogens with two attached hydrogens (primary N) is 1. The lowest BCUT2D eigenvalue weighted by atomic mass is 10.2. The third-order valence-electron chi connectivity index (χ3n) is 2.89. The number of nitrogens with zero attached hydrogens (tertiary/aromatic N) is 4. The van der Waals surface area contributed by atoms with Crippen molar-refractivity contribution in [3.05, 3.63) is 29.6 Å². The van der Waals surface area contributed by atoms with Crippen molar-refractivity contribution in [2.75, 3.05) is 5.43 Å². The summed E-state index contributed by atoms with van der Waals surface area (Å²) in [6.07, 6.45) is 4.07. The molecule has 0 unspecified atom stereocenters. The van der Waals surface area contributed by atoms with E-state index in [1.54, 1.807) is 6.33 Å². The Hall–Kier alpha value is -1.95. The van der Waals surface area contributed by atoms with E-state index in [0.717, 1.165) is 29.2 Å². The Morgan fingerprint density at radius 1 is 1.29 bits per heavy atom. The van der Waals surface area contributed by atoms with Gasteiger partial charge in [0.15, 0.2) is 0 Å². The van der Waals surface area contributed by atoms with Crippen LogP contribution in [0.3, 0.4) is 0 Å². The summed E-state index contributed by atoms with van der Waals surface area (Å²) in [4.78, 5) is 12.7. The van der Waals surface area contributed by atoms with Crippen molar-refractivity contribution in [3.8, 4) is 5.82 Å². The predicted octanol–water partition coefficient (Wildman–Crippen LogP) is 1.13. The average Bonchev–Trinajstić information content (AvgIpc) is 2.69. The van der Waals surface area contributed by atoms with E-state index in [1.165, 1.54) is 6.33 Å². The van der Waals surface area contributed by atoms with Gasteiger partial charge in [-0.1, -0.05) is 6.92 Å². The number of imidazole rings is 1. The zero-order chi connectivity index (χ0) is 12.4. The van der Waals surface area contributed by atoms with Gasteiger partial charge >= 0.3 is 0 Å². The number of hydrazine groups is 1. The average molecular weight is 232 g/mol. The standard InChI is InChI=1S/C11H16N6/c1-4-9-10(16-12)13-5-14-11(9)17-6-15-7(2)8(17)3/h5-6H,4,12H2,1-3H3,(H,13,14,16). The highest BCUT2D eigenvalue weighted by Gasteiger charge is 2.13. The number of aromatic nitrogens is 4. The second-order valence-electron chi connectivity index (χ2n) is 3.81. The van der Waals surface area contributed by atoms with E-state index in [-0.39, 0.29) is 0 Å². The topological polar surface area (TPSA) is 81.6 Å². The summed E-state index contributed by atoms with van der Waals surface area (Å²) in [5.74, 6) is 6.93. The first-order valence-electron chi connectivity index (χ1n) is 5.50. The summed E-state index contributed by atoms with van der Waals surface area (Å²) < 4.78 is 1.96. The Kier molecular flexibility index (Phi) is 3.06. The Labute approximate surface area is 99.9 Å². The molecule has 2 aromatic heterocycles. The van der Waals surface area contributed by atoms with Crippen molar-refractivity contribution in [1.29, 1.82) is 0 Å². The SMILES string of the molecule is CCc1c(NN)ncnc1-n1cnc(C)c1C. The Morgan fingerprint density at radius 3 is 2.59 bits per heavy atom. The second kappa shape index (κ2) is 4.50. The quantitative estimate of drug-likeness (QED) is 0.612. The van der Waals surface area contributed by atoms with Gasteiger partial charge in [0, 0.05) is 11.3 Å². The van der Waals surface area contributed by atoms with Crippen LogP contribution in [0.15, 0.2) is 12.7 Å². The molecule has 0 saturated carbocycles. The number of rotatable bonds is 3. The van der Waals surface area contributed by atoms with Crippen LogP contribution in [0, 0.1) is 13.8 Å². The largest absolute Gasteiger partial charge is 0.308 e. The lowest BCUT2D eigenvalue weighted by Crippen LogP contribution is -2.14. The van der Waals surface area contributed by atoms with E-state index in [2.05, 4.69) is 20.4 Å². The zero-order valence-corrected chi connectivity index (χ0v) is 10.2. The molecule has 0 aromatic carbocycles. The summed E-state index contributed by atoms with van der Waals surface area (Å²) in [5.41, 5.74) is 5.64. The fraction of sp³-hybridized carbons (Fsp3) is 0.364. The molecule has 0 radical (unpaired) electrons. The molecule has 0 aliphatic heterocycles. The van der Waals surface area contributed by atoms with Gasteiger partial charge in [-0.2, -0.15) is 0 Å². The molecule has 0 fully saturated rings. The van der Waals surface area contributed by atoms with Crippen LogP contribution in [0.25, 0.3) is 5.82 Å². The summed E-state index contributed by atoms with van der Waals surface area (Å²) in [5, 5.41) is 0. The van der Waals surface area contributed by atoms with Gasteiger partial charge in [-0.05, 0) is 20.3 Å². The Bertz CT molecular complexity index is 531. The van der Waals surface area contributed by atoms with Gasteiger partial charge in [-0.25, -0.2) is 20.8 Å². The smallest absolute Gasteiger partial charge is 0.148 e. The fourth-order valence-electron chi connectivity index (χ4n) is 1.77. The second-order valence-corrected chi connectivity index (χ2v) is 3.81. The zero-order valence-electron chi connectivity index (χ0n) is 10.2. The highest BCUT2D eigenvalue weighted by molar-refractivity contribution is 5.51. The number of nitrogens with one attached hydrogen (secondary N) is 1. The van der Waals surface area contributed by atoms with E-state index < -0.39 is 0 Å². The van der Waals surface area contributed by atoms with E-state index >= 15 is 0 Å². The van der Waals surface area contributed by atoms with Gasteiger partial charge in [0.1, 0.15) is 24.3 Å². The first kappa shape index (κ1) is 11.5. The third kappa shape index (κ3) is 1.87. The maximum Gasteiger partial charge on any atom is 0.148 e. The van der Waals surface area contributed by atoms with Crippen LogP contribution < -0.4 is 11.3 Å². The molecule has 2 aromatic rings. The van der Waals surface area contributed by atoms with Crippen molar-refractivity contribution in [2.45, 2.75) is 27.2 Å². The van der Waals surface area contributed by atoms with Crippen molar-refractivity contribution >= 4 is 5.82 Å². The van der Waals surface area contributed by atoms with E-state index in [4.69, 9.17) is 5.84 Å². The van der Waals surface area contributed by atoms with Gasteiger partial charge in [0.2, 0.25) is 0 Å². The number of nitrogen functional groups attached to an aromatic ring is 1. The highest BCUT2D eigenvalue weighted by Crippen LogP contribution is 2.20. The molecule has 0 aliphatic carbocycles. The molecular formula is C11H16N6. The molecule has 0 aliphatic rings. The Morgan fingerprint density at radius 2 is 2.06 bits per heavy atom. The van der Waals surface area contributed by atoms with Gasteiger partial charge < -0.3 is 5.43 Å². The molecule has 2 heterocycles. The summed E-state index contributed by atoms with van der Waals surface area (Å²) in [6.45, 7) is 6.03. The molecule has 0 bridgehead atoms. The molecule has 0 spiro atoms. The number of hydrogen-bond donors (Lipinski definition) is 2. The van der Waals surface area contributed by atoms with E-state index in [0.29, 0.717) is 5.82 Å². The molecule has 6 nitrogen and oxygen atoms in total. The molecule has 6 heteroatoms. The normalized spacial score (nSPS) is 10.6. The van der Waals surface area contributed by atoms with Crippen LogP contribution in [0.1, 0.15) is 23.9 Å². The first-order chi connectivity index (χ1) is 8.19. The van der Waals surface area contributed by atoms with Crippen LogP contribution >= 0.6 is 0 Å². The van der Waals surface area contributed by atoms with Crippen LogP contribution in [0.5, 0.6) is 0 Å². The van der Waals surface area contributed by atoms with Crippen molar-refractivity contribution in [1.82, 2.24) is 19.5 Å². The summed E-state index contributed by atoms with van der Waals surface area (Å²) in [7, 11) is 0. The highest BCUT2D eigenvalue weighted by atomic mass is 15.3. The van der Waals surface area contributed by atoms with E-state index in [9.17, 15) is 0 Å². The molecule has 90 valence electrons. The summed E-state index contributed by atoms with van der Waals surface area (Å²) in [6, 6.07) is 0. The van der Waals surface area contributed by atoms with Gasteiger partial charge in [0.25, 0.3) is 0 Å². The minimum absolute atomic E-state index is 0.656. The molecule has 3 N–H and O–H groups in total. The van der Waals surface area contributed by atoms with Crippen LogP contribution in [-0.4, -0.2) is 19.5 Å². The van der Waals surface area contributed by atoms with Crippen LogP contribution in [0.2, 0.25) is 0 Å². The van der Waals surface area contributed by atoms with E-state index in [1.807, 2.05) is 25.3 Å². The van der Waals surface area contributed by atoms with Crippen molar-refractivity contribution in [2.24, 2.45) is 5.84 Å². The van der Waals surface area contributed by atoms with Crippen molar-refractivity contribution in [3.63, 3.8) is 0 Å². The number of anilines is 1. The molecular weight excluding hydrogens is 216 g/mol. The van der Waals surface area contributed by atoms with Crippen LogP contribution in [-0.2, 0) is 6.42 Å². The molecule has 2 rings (SSSR count). The maximum atomic E-state index is 5.45. The van der Waals surface area contributed by atoms with Crippen LogP contribution in [0.4, 0.5) is 5.82 Å². The number of hydrogen-bond acceptors (Lipinski definition) is 5. The lowest BCUT2D eigenvalue weighted by molar-refractivity contribution is 0.895. The first-order valence-corrected chi connectivity index (χ1v) is 5.50. The van der Waals surface area contributed by atoms with Gasteiger partial charge in [-0.15, -0.1) is 0 Å². The van der Waals surface area contributed by atoms with Gasteiger partial charge in [-0.3, -0.25) is 4.57 Å². The molecule has 0 atom stereocenters. The molecule has 0 amide bonds. The van der Waals surface area contributed by atoms with Crippen molar-refractivity contribution < 1.29 is 0 Å². The maximum absolute atomic E-state index is 5.45. The number of aryl methyl sites for hydroxylation is 1. The minimum Gasteiger partial charge on any atom is -0.308 e. The van der Waals surface area contributed by atoms with Gasteiger partial charge in [0.05, 0.1) is 5.69 Å². The summed E-state index contributed by atoms with van der Waals surface area (Å²) >= 11 is 0. The Balaban J connectivity index is 2.63. The molecule has 17 heavy (non-hydrogen) atoms. The third-order valence-corrected chi connectivity index (χ3v) is 2.89.